The molecule has 1 saturated carbocycles. The fourth-order valence-electron chi connectivity index (χ4n) is 7.56. The van der Waals surface area contributed by atoms with Crippen LogP contribution in [0.3, 0.4) is 0 Å². The van der Waals surface area contributed by atoms with Crippen LogP contribution in [0.5, 0.6) is 0 Å². The van der Waals surface area contributed by atoms with Gasteiger partial charge in [0.15, 0.2) is 0 Å². The van der Waals surface area contributed by atoms with E-state index in [4.69, 9.17) is 5.73 Å². The lowest BCUT2D eigenvalue weighted by atomic mass is 9.48. The van der Waals surface area contributed by atoms with Crippen molar-refractivity contribution in [3.63, 3.8) is 0 Å². The van der Waals surface area contributed by atoms with Crippen molar-refractivity contribution in [3.8, 4) is 0 Å². The molecule has 3 fully saturated rings. The molecule has 150 valence electrons. The van der Waals surface area contributed by atoms with Gasteiger partial charge in [-0.15, -0.1) is 0 Å². The van der Waals surface area contributed by atoms with Crippen LogP contribution in [0.4, 0.5) is 0 Å². The quantitative estimate of drug-likeness (QED) is 0.797. The van der Waals surface area contributed by atoms with E-state index < -0.39 is 0 Å². The normalized spacial score (nSPS) is 42.9. The first kappa shape index (κ1) is 18.4. The van der Waals surface area contributed by atoms with Gasteiger partial charge in [-0.05, 0) is 74.0 Å². The van der Waals surface area contributed by atoms with Crippen molar-refractivity contribution >= 4 is 11.5 Å². The van der Waals surface area contributed by atoms with Crippen molar-refractivity contribution in [1.82, 2.24) is 9.88 Å². The van der Waals surface area contributed by atoms with E-state index in [2.05, 4.69) is 35.9 Å². The molecule has 2 saturated heterocycles. The van der Waals surface area contributed by atoms with Gasteiger partial charge in [0.2, 0.25) is 5.91 Å². The molecule has 5 rings (SSSR count). The summed E-state index contributed by atoms with van der Waals surface area (Å²) in [5.74, 6) is 1.21. The molecule has 0 radical (unpaired) electrons. The maximum absolute atomic E-state index is 12.8. The molecule has 2 N–H and O–H groups in total. The second-order valence-corrected chi connectivity index (χ2v) is 10.1. The molecule has 0 spiro atoms. The highest BCUT2D eigenvalue weighted by atomic mass is 16.2. The van der Waals surface area contributed by atoms with Gasteiger partial charge in [0, 0.05) is 42.4 Å². The minimum Gasteiger partial charge on any atom is -0.337 e. The Morgan fingerprint density at radius 3 is 2.82 bits per heavy atom. The third kappa shape index (κ3) is 2.33. The van der Waals surface area contributed by atoms with E-state index >= 15 is 0 Å². The highest BCUT2D eigenvalue weighted by Crippen LogP contribution is 2.64. The average molecular weight is 380 g/mol. The molecule has 4 aliphatic rings. The number of rotatable bonds is 1. The zero-order chi connectivity index (χ0) is 19.6. The molecule has 0 bridgehead atoms. The van der Waals surface area contributed by atoms with E-state index in [9.17, 15) is 4.79 Å². The largest absolute Gasteiger partial charge is 0.337 e. The van der Waals surface area contributed by atoms with E-state index in [1.54, 1.807) is 0 Å². The van der Waals surface area contributed by atoms with Crippen LogP contribution >= 0.6 is 0 Å². The first-order valence-electron chi connectivity index (χ1n) is 11.1. The van der Waals surface area contributed by atoms with Crippen molar-refractivity contribution in [3.05, 3.63) is 36.2 Å². The lowest BCUT2D eigenvalue weighted by Gasteiger charge is -2.64. The maximum Gasteiger partial charge on any atom is 0.223 e. The van der Waals surface area contributed by atoms with Crippen molar-refractivity contribution in [2.45, 2.75) is 76.3 Å². The van der Waals surface area contributed by atoms with E-state index in [1.807, 2.05) is 18.5 Å². The summed E-state index contributed by atoms with van der Waals surface area (Å²) in [4.78, 5) is 19.4. The van der Waals surface area contributed by atoms with E-state index in [0.29, 0.717) is 24.2 Å². The Morgan fingerprint density at radius 1 is 1.18 bits per heavy atom. The van der Waals surface area contributed by atoms with Crippen LogP contribution in [0, 0.1) is 17.3 Å². The van der Waals surface area contributed by atoms with Gasteiger partial charge in [0.25, 0.3) is 0 Å². The number of carbonyl (C=O) groups excluding carboxylic acids is 1. The second kappa shape index (κ2) is 6.16. The number of allylic oxidation sites excluding steroid dienone is 2. The number of piperidine rings is 1. The lowest BCUT2D eigenvalue weighted by molar-refractivity contribution is -0.153. The van der Waals surface area contributed by atoms with Gasteiger partial charge in [-0.25, -0.2) is 0 Å². The summed E-state index contributed by atoms with van der Waals surface area (Å²) in [5.41, 5.74) is 9.92. The third-order valence-electron chi connectivity index (χ3n) is 8.92. The molecular formula is C24H33N3O. The Hall–Kier alpha value is -1.68. The molecule has 1 aromatic rings. The first-order chi connectivity index (χ1) is 13.4. The molecule has 3 heterocycles. The number of carbonyl (C=O) groups is 1. The Balaban J connectivity index is 1.52. The van der Waals surface area contributed by atoms with Crippen LogP contribution in [-0.2, 0) is 4.79 Å². The Labute approximate surface area is 168 Å². The second-order valence-electron chi connectivity index (χ2n) is 10.1. The number of nitrogens with two attached hydrogens (primary N) is 1. The molecule has 2 unspecified atom stereocenters. The summed E-state index contributed by atoms with van der Waals surface area (Å²) in [6.07, 6.45) is 14.5. The standard InChI is InChI=1S/C24H33N3O/c1-22-12-10-20-23(2)11-4-3-7-21(28)27(23)15-13-24(20,25)19(22)9-8-18(22)17-6-5-14-26-16-17/h5-6,8,14,16,19-20H,3-4,7,9-13,15,25H2,1-2H3/t19?,20?,22-,23-,24-/m1/s1. The number of nitrogens with zero attached hydrogens (tertiary/aromatic N) is 2. The molecule has 0 aromatic carbocycles. The average Bonchev–Trinajstić information content (AvgIpc) is 2.96. The van der Waals surface area contributed by atoms with Gasteiger partial charge >= 0.3 is 0 Å². The summed E-state index contributed by atoms with van der Waals surface area (Å²) in [5, 5.41) is 0. The number of hydrogen-bond acceptors (Lipinski definition) is 3. The fraction of sp³-hybridized carbons (Fsp3) is 0.667. The highest BCUT2D eigenvalue weighted by Gasteiger charge is 2.64. The van der Waals surface area contributed by atoms with E-state index in [0.717, 1.165) is 51.5 Å². The maximum atomic E-state index is 12.8. The highest BCUT2D eigenvalue weighted by molar-refractivity contribution is 5.78. The number of fused-ring (bicyclic) bond motifs is 5. The molecule has 4 heteroatoms. The molecule has 1 amide bonds. The van der Waals surface area contributed by atoms with Crippen LogP contribution in [0.25, 0.3) is 5.57 Å². The number of amides is 1. The van der Waals surface area contributed by atoms with Gasteiger partial charge in [0.05, 0.1) is 0 Å². The van der Waals surface area contributed by atoms with Gasteiger partial charge in [-0.2, -0.15) is 0 Å². The number of aromatic nitrogens is 1. The topological polar surface area (TPSA) is 59.2 Å². The van der Waals surface area contributed by atoms with E-state index in [1.165, 1.54) is 11.1 Å². The Bertz CT molecular complexity index is 820. The van der Waals surface area contributed by atoms with Crippen molar-refractivity contribution in [2.75, 3.05) is 6.54 Å². The summed E-state index contributed by atoms with van der Waals surface area (Å²) in [6.45, 7) is 5.60. The van der Waals surface area contributed by atoms with Crippen LogP contribution in [0.1, 0.15) is 70.8 Å². The minimum absolute atomic E-state index is 0.0705. The summed E-state index contributed by atoms with van der Waals surface area (Å²) >= 11 is 0. The van der Waals surface area contributed by atoms with Gasteiger partial charge in [-0.1, -0.05) is 25.5 Å². The fourth-order valence-corrected chi connectivity index (χ4v) is 7.56. The van der Waals surface area contributed by atoms with Gasteiger partial charge in [0.1, 0.15) is 0 Å². The Kier molecular flexibility index (Phi) is 4.04. The number of pyridine rings is 1. The van der Waals surface area contributed by atoms with Crippen molar-refractivity contribution < 1.29 is 4.79 Å². The SMILES string of the molecule is C[C@]12CCC3[C@@](N)(CCN4C(=O)CCCC[C@]34C)C1CC=C2c1cccnc1. The molecule has 5 atom stereocenters. The molecule has 1 aromatic heterocycles. The van der Waals surface area contributed by atoms with Crippen LogP contribution < -0.4 is 5.73 Å². The summed E-state index contributed by atoms with van der Waals surface area (Å²) < 4.78 is 0. The zero-order valence-electron chi connectivity index (χ0n) is 17.3. The van der Waals surface area contributed by atoms with Gasteiger partial charge < -0.3 is 10.6 Å². The van der Waals surface area contributed by atoms with Crippen LogP contribution in [0.2, 0.25) is 0 Å². The zero-order valence-corrected chi connectivity index (χ0v) is 17.3. The van der Waals surface area contributed by atoms with Crippen LogP contribution in [0.15, 0.2) is 30.6 Å². The molecule has 4 nitrogen and oxygen atoms in total. The molecular weight excluding hydrogens is 346 g/mol. The minimum atomic E-state index is -0.191. The number of hydrogen-bond donors (Lipinski definition) is 1. The smallest absolute Gasteiger partial charge is 0.223 e. The van der Waals surface area contributed by atoms with Crippen molar-refractivity contribution in [2.24, 2.45) is 23.0 Å². The third-order valence-corrected chi connectivity index (χ3v) is 8.92. The first-order valence-corrected chi connectivity index (χ1v) is 11.1. The van der Waals surface area contributed by atoms with Crippen molar-refractivity contribution in [1.29, 1.82) is 0 Å². The predicted molar refractivity (Wildman–Crippen MR) is 111 cm³/mol. The summed E-state index contributed by atoms with van der Waals surface area (Å²) in [7, 11) is 0. The summed E-state index contributed by atoms with van der Waals surface area (Å²) in [6, 6.07) is 4.23. The lowest BCUT2D eigenvalue weighted by Crippen LogP contribution is -2.73. The monoisotopic (exact) mass is 379 g/mol. The predicted octanol–water partition coefficient (Wildman–Crippen LogP) is 4.16. The van der Waals surface area contributed by atoms with E-state index in [-0.39, 0.29) is 16.5 Å². The van der Waals surface area contributed by atoms with Crippen LogP contribution in [-0.4, -0.2) is 33.4 Å². The molecule has 28 heavy (non-hydrogen) atoms. The van der Waals surface area contributed by atoms with Gasteiger partial charge in [-0.3, -0.25) is 9.78 Å². The Morgan fingerprint density at radius 2 is 2.04 bits per heavy atom. The molecule has 2 aliphatic carbocycles. The molecule has 2 aliphatic heterocycles.